The molecule has 2 aliphatic heterocycles. The predicted molar refractivity (Wildman–Crippen MR) is 199 cm³/mol. The Morgan fingerprint density at radius 2 is 1.72 bits per heavy atom. The fourth-order valence-corrected chi connectivity index (χ4v) is 9.30. The van der Waals surface area contributed by atoms with Gasteiger partial charge in [-0.1, -0.05) is 39.8 Å². The van der Waals surface area contributed by atoms with Gasteiger partial charge in [-0.15, -0.1) is 0 Å². The van der Waals surface area contributed by atoms with E-state index in [4.69, 9.17) is 10.7 Å². The molecule has 3 fully saturated rings. The van der Waals surface area contributed by atoms with Crippen LogP contribution in [0.15, 0.2) is 36.5 Å². The first kappa shape index (κ1) is 34.5. The highest BCUT2D eigenvalue weighted by atomic mass is 16.2. The number of hydrogen-bond acceptors (Lipinski definition) is 7. The molecule has 4 heterocycles. The van der Waals surface area contributed by atoms with Crippen LogP contribution in [0.2, 0.25) is 0 Å². The third kappa shape index (κ3) is 6.75. The van der Waals surface area contributed by atoms with E-state index in [1.807, 2.05) is 7.05 Å². The smallest absolute Gasteiger partial charge is 0.271 e. The summed E-state index contributed by atoms with van der Waals surface area (Å²) in [6, 6.07) is 11.3. The number of hydrogen-bond donors (Lipinski definition) is 3. The highest BCUT2D eigenvalue weighted by molar-refractivity contribution is 5.96. The SMILES string of the molecule is CC1CCC(N2CCC(C)(c3ccc(Nc4nc(N5CCC[C@@H](NC(=O)c6cc7c(n6C)CC(C)(C)C7)[C@H]5C)cnc4C(N)=O)cc3)CC2)C1. The van der Waals surface area contributed by atoms with Gasteiger partial charge in [0.05, 0.1) is 6.20 Å². The molecule has 0 bridgehead atoms. The minimum absolute atomic E-state index is 0.0242. The highest BCUT2D eigenvalue weighted by Crippen LogP contribution is 2.40. The van der Waals surface area contributed by atoms with E-state index in [0.29, 0.717) is 11.6 Å². The van der Waals surface area contributed by atoms with Crippen LogP contribution >= 0.6 is 0 Å². The van der Waals surface area contributed by atoms with E-state index >= 15 is 0 Å². The summed E-state index contributed by atoms with van der Waals surface area (Å²) in [6.45, 7) is 14.5. The quantitative estimate of drug-likeness (QED) is 0.263. The fourth-order valence-electron chi connectivity index (χ4n) is 9.30. The van der Waals surface area contributed by atoms with Gasteiger partial charge in [0.25, 0.3) is 11.8 Å². The third-order valence-corrected chi connectivity index (χ3v) is 12.5. The van der Waals surface area contributed by atoms with Gasteiger partial charge in [0.1, 0.15) is 11.5 Å². The Labute approximate surface area is 297 Å². The summed E-state index contributed by atoms with van der Waals surface area (Å²) in [4.78, 5) is 40.3. The molecule has 2 unspecified atom stereocenters. The van der Waals surface area contributed by atoms with Gasteiger partial charge in [-0.3, -0.25) is 9.59 Å². The van der Waals surface area contributed by atoms with Crippen molar-refractivity contribution in [2.75, 3.05) is 29.9 Å². The average Bonchev–Trinajstić information content (AvgIpc) is 3.74. The van der Waals surface area contributed by atoms with E-state index in [1.165, 1.54) is 36.1 Å². The Balaban J connectivity index is 1.02. The molecule has 4 aliphatic rings. The lowest BCUT2D eigenvalue weighted by Gasteiger charge is -2.42. The molecular formula is C40H56N8O2. The van der Waals surface area contributed by atoms with Gasteiger partial charge in [-0.05, 0) is 124 Å². The number of nitrogens with two attached hydrogens (primary N) is 1. The molecule has 2 aliphatic carbocycles. The lowest BCUT2D eigenvalue weighted by Crippen LogP contribution is -2.54. The van der Waals surface area contributed by atoms with Gasteiger partial charge < -0.3 is 30.7 Å². The first-order chi connectivity index (χ1) is 23.8. The van der Waals surface area contributed by atoms with Crippen LogP contribution in [0.25, 0.3) is 0 Å². The van der Waals surface area contributed by atoms with E-state index in [-0.39, 0.29) is 34.5 Å². The van der Waals surface area contributed by atoms with Crippen molar-refractivity contribution in [3.05, 3.63) is 64.7 Å². The molecule has 50 heavy (non-hydrogen) atoms. The first-order valence-electron chi connectivity index (χ1n) is 18.8. The Morgan fingerprint density at radius 1 is 0.980 bits per heavy atom. The molecule has 2 saturated heterocycles. The summed E-state index contributed by atoms with van der Waals surface area (Å²) in [6.07, 6.45) is 11.7. The van der Waals surface area contributed by atoms with Crippen molar-refractivity contribution in [3.8, 4) is 0 Å². The second-order valence-corrected chi connectivity index (χ2v) is 16.9. The number of anilines is 3. The maximum absolute atomic E-state index is 13.5. The van der Waals surface area contributed by atoms with E-state index < -0.39 is 5.91 Å². The molecular weight excluding hydrogens is 624 g/mol. The molecule has 1 saturated carbocycles. The summed E-state index contributed by atoms with van der Waals surface area (Å²) in [7, 11) is 2.00. The number of primary amides is 1. The molecule has 1 aromatic carbocycles. The minimum atomic E-state index is -0.631. The molecule has 3 aromatic rings. The number of fused-ring (bicyclic) bond motifs is 1. The van der Waals surface area contributed by atoms with Crippen LogP contribution < -0.4 is 21.3 Å². The van der Waals surface area contributed by atoms with Gasteiger partial charge in [-0.2, -0.15) is 0 Å². The number of piperidine rings is 2. The Hall–Kier alpha value is -3.92. The van der Waals surface area contributed by atoms with E-state index in [0.717, 1.165) is 81.5 Å². The van der Waals surface area contributed by atoms with Crippen LogP contribution in [0.3, 0.4) is 0 Å². The topological polar surface area (TPSA) is 121 Å². The summed E-state index contributed by atoms with van der Waals surface area (Å²) < 4.78 is 2.07. The van der Waals surface area contributed by atoms with Gasteiger partial charge in [0.2, 0.25) is 0 Å². The maximum atomic E-state index is 13.5. The summed E-state index contributed by atoms with van der Waals surface area (Å²) >= 11 is 0. The molecule has 0 spiro atoms. The van der Waals surface area contributed by atoms with Crippen molar-refractivity contribution < 1.29 is 9.59 Å². The molecule has 0 radical (unpaired) electrons. The Kier molecular flexibility index (Phi) is 9.20. The molecule has 268 valence electrons. The molecule has 2 aromatic heterocycles. The Bertz CT molecular complexity index is 1740. The van der Waals surface area contributed by atoms with Crippen LogP contribution in [0, 0.1) is 11.3 Å². The molecule has 7 rings (SSSR count). The number of benzene rings is 1. The number of nitrogens with one attached hydrogen (secondary N) is 2. The lowest BCUT2D eigenvalue weighted by molar-refractivity contribution is 0.0914. The molecule has 4 atom stereocenters. The summed E-state index contributed by atoms with van der Waals surface area (Å²) in [5, 5.41) is 6.68. The first-order valence-corrected chi connectivity index (χ1v) is 18.8. The summed E-state index contributed by atoms with van der Waals surface area (Å²) in [5.74, 6) is 1.18. The van der Waals surface area contributed by atoms with Gasteiger partial charge in [0.15, 0.2) is 11.5 Å². The molecule has 2 amide bonds. The van der Waals surface area contributed by atoms with Crippen molar-refractivity contribution in [3.63, 3.8) is 0 Å². The zero-order chi connectivity index (χ0) is 35.4. The van der Waals surface area contributed by atoms with E-state index in [2.05, 4.69) is 94.9 Å². The number of amides is 2. The number of likely N-dealkylation sites (tertiary alicyclic amines) is 1. The molecule has 10 nitrogen and oxygen atoms in total. The van der Waals surface area contributed by atoms with Crippen LogP contribution in [0.4, 0.5) is 17.3 Å². The van der Waals surface area contributed by atoms with Crippen molar-refractivity contribution in [1.29, 1.82) is 0 Å². The third-order valence-electron chi connectivity index (χ3n) is 12.5. The van der Waals surface area contributed by atoms with Crippen LogP contribution in [0.5, 0.6) is 0 Å². The van der Waals surface area contributed by atoms with E-state index in [9.17, 15) is 9.59 Å². The number of carbonyl (C=O) groups is 2. The Morgan fingerprint density at radius 3 is 2.38 bits per heavy atom. The maximum Gasteiger partial charge on any atom is 0.271 e. The largest absolute Gasteiger partial charge is 0.364 e. The van der Waals surface area contributed by atoms with Gasteiger partial charge in [-0.25, -0.2) is 9.97 Å². The number of nitrogens with zero attached hydrogens (tertiary/aromatic N) is 5. The van der Waals surface area contributed by atoms with Crippen LogP contribution in [-0.2, 0) is 25.3 Å². The van der Waals surface area contributed by atoms with Crippen molar-refractivity contribution >= 4 is 29.1 Å². The molecule has 10 heteroatoms. The normalized spacial score (nSPS) is 26.1. The lowest BCUT2D eigenvalue weighted by atomic mass is 9.74. The van der Waals surface area contributed by atoms with Crippen LogP contribution in [0.1, 0.15) is 117 Å². The fraction of sp³-hybridized carbons (Fsp3) is 0.600. The number of carbonyl (C=O) groups excluding carboxylic acids is 2. The number of aromatic nitrogens is 3. The number of rotatable bonds is 8. The minimum Gasteiger partial charge on any atom is -0.364 e. The van der Waals surface area contributed by atoms with Crippen molar-refractivity contribution in [1.82, 2.24) is 24.8 Å². The van der Waals surface area contributed by atoms with Crippen molar-refractivity contribution in [2.24, 2.45) is 24.1 Å². The standard InChI is InChI=1S/C40H56N8O2/c1-25-9-14-30(20-25)47-18-15-40(5,16-19-47)28-10-12-29(13-11-28)43-37-35(36(41)49)42-24-34(45-37)48-17-7-8-31(26(48)2)44-38(50)32-21-27-22-39(3,4)23-33(27)46(32)6/h10-13,21,24-26,30-31H,7-9,14-20,22-23H2,1-6H3,(H2,41,49)(H,43,45)(H,44,50)/t25?,26-,30?,31-/m1/s1. The average molecular weight is 681 g/mol. The molecule has 4 N–H and O–H groups in total. The highest BCUT2D eigenvalue weighted by Gasteiger charge is 2.37. The van der Waals surface area contributed by atoms with E-state index in [1.54, 1.807) is 6.20 Å². The zero-order valence-corrected chi connectivity index (χ0v) is 30.9. The summed E-state index contributed by atoms with van der Waals surface area (Å²) in [5.41, 5.74) is 11.7. The van der Waals surface area contributed by atoms with Gasteiger partial charge in [0, 0.05) is 43.1 Å². The van der Waals surface area contributed by atoms with Crippen LogP contribution in [-0.4, -0.2) is 69.0 Å². The van der Waals surface area contributed by atoms with Gasteiger partial charge >= 0.3 is 0 Å². The van der Waals surface area contributed by atoms with Crippen molar-refractivity contribution in [2.45, 2.75) is 116 Å². The monoisotopic (exact) mass is 680 g/mol. The zero-order valence-electron chi connectivity index (χ0n) is 30.9. The predicted octanol–water partition coefficient (Wildman–Crippen LogP) is 6.11. The second-order valence-electron chi connectivity index (χ2n) is 16.9. The second kappa shape index (κ2) is 13.3.